The fourth-order valence-corrected chi connectivity index (χ4v) is 5.14. The molecule has 4 N–H and O–H groups in total. The second kappa shape index (κ2) is 13.1. The lowest BCUT2D eigenvalue weighted by molar-refractivity contribution is -0.113. The molecule has 4 rings (SSSR count). The molecule has 0 aliphatic carbocycles. The highest BCUT2D eigenvalue weighted by Crippen LogP contribution is 2.29. The number of amides is 1. The van der Waals surface area contributed by atoms with Crippen molar-refractivity contribution in [2.45, 2.75) is 15.2 Å². The predicted octanol–water partition coefficient (Wildman–Crippen LogP) is 4.63. The number of rotatable bonds is 11. The fraction of sp³-hybridized carbons (Fsp3) is 0.0909. The molecule has 0 aliphatic rings. The first-order valence-electron chi connectivity index (χ1n) is 10.4. The number of carbonyl (C=O) groups is 1. The minimum atomic E-state index is -0.257. The maximum atomic E-state index is 12.3. The van der Waals surface area contributed by atoms with Crippen LogP contribution in [0.3, 0.4) is 0 Å². The molecule has 2 heterocycles. The largest absolute Gasteiger partial charge is 0.334 e. The van der Waals surface area contributed by atoms with Gasteiger partial charge in [0, 0.05) is 17.0 Å². The molecule has 2 aromatic heterocycles. The summed E-state index contributed by atoms with van der Waals surface area (Å²) >= 11 is 9.89. The fourth-order valence-electron chi connectivity index (χ4n) is 2.64. The zero-order chi connectivity index (χ0) is 25.2. The highest BCUT2D eigenvalue weighted by Gasteiger charge is 2.14. The van der Waals surface area contributed by atoms with Crippen molar-refractivity contribution >= 4 is 75.7 Å². The lowest BCUT2D eigenvalue weighted by Gasteiger charge is -2.02. The third kappa shape index (κ3) is 7.81. The Kier molecular flexibility index (Phi) is 9.33. The minimum absolute atomic E-state index is 0.0746. The molecule has 0 bridgehead atoms. The maximum Gasteiger partial charge on any atom is 0.264 e. The number of halogens is 1. The summed E-state index contributed by atoms with van der Waals surface area (Å²) in [4.78, 5) is 12.3. The molecule has 4 aromatic rings. The molecule has 2 aromatic carbocycles. The molecule has 0 atom stereocenters. The first-order valence-corrected chi connectivity index (χ1v) is 13.6. The molecular formula is C22H20ClN9OS3. The van der Waals surface area contributed by atoms with E-state index < -0.39 is 0 Å². The molecule has 0 aliphatic heterocycles. The number of hydrogen-bond donors (Lipinski definition) is 3. The highest BCUT2D eigenvalue weighted by atomic mass is 35.5. The van der Waals surface area contributed by atoms with Crippen LogP contribution in [0, 0.1) is 0 Å². The summed E-state index contributed by atoms with van der Waals surface area (Å²) in [5, 5.41) is 24.3. The second-order valence-corrected chi connectivity index (χ2v) is 10.5. The van der Waals surface area contributed by atoms with E-state index in [0.29, 0.717) is 15.3 Å². The van der Waals surface area contributed by atoms with E-state index in [9.17, 15) is 4.79 Å². The third-order valence-corrected chi connectivity index (χ3v) is 7.58. The van der Waals surface area contributed by atoms with Crippen LogP contribution in [0.15, 0.2) is 75.3 Å². The van der Waals surface area contributed by atoms with Gasteiger partial charge in [-0.15, -0.1) is 20.4 Å². The molecule has 0 spiro atoms. The van der Waals surface area contributed by atoms with Gasteiger partial charge in [0.15, 0.2) is 4.34 Å². The first kappa shape index (κ1) is 25.7. The average Bonchev–Trinajstić information content (AvgIpc) is 3.48. The Hall–Kier alpha value is -3.39. The highest BCUT2D eigenvalue weighted by molar-refractivity contribution is 8.00. The summed E-state index contributed by atoms with van der Waals surface area (Å²) in [6, 6.07) is 17.5. The van der Waals surface area contributed by atoms with Crippen molar-refractivity contribution in [1.82, 2.24) is 25.1 Å². The zero-order valence-electron chi connectivity index (χ0n) is 18.6. The summed E-state index contributed by atoms with van der Waals surface area (Å²) in [5.74, 6) is 6.78. The van der Waals surface area contributed by atoms with Gasteiger partial charge < -0.3 is 5.84 Å². The van der Waals surface area contributed by atoms with Gasteiger partial charge in [-0.2, -0.15) is 5.10 Å². The monoisotopic (exact) mass is 557 g/mol. The number of carbonyl (C=O) groups excluding carboxylic acids is 1. The van der Waals surface area contributed by atoms with Gasteiger partial charge in [-0.05, 0) is 29.3 Å². The Morgan fingerprint density at radius 2 is 1.89 bits per heavy atom. The van der Waals surface area contributed by atoms with E-state index in [2.05, 4.69) is 36.2 Å². The summed E-state index contributed by atoms with van der Waals surface area (Å²) < 4.78 is 1.98. The number of thioether (sulfide) groups is 2. The van der Waals surface area contributed by atoms with E-state index in [-0.39, 0.29) is 17.6 Å². The molecule has 0 radical (unpaired) electrons. The van der Waals surface area contributed by atoms with Crippen molar-refractivity contribution in [1.29, 1.82) is 0 Å². The van der Waals surface area contributed by atoms with Crippen LogP contribution >= 0.6 is 46.5 Å². The van der Waals surface area contributed by atoms with Crippen molar-refractivity contribution in [3.05, 3.63) is 76.8 Å². The summed E-state index contributed by atoms with van der Waals surface area (Å²) in [6.45, 7) is 0. The van der Waals surface area contributed by atoms with E-state index in [1.807, 2.05) is 60.7 Å². The van der Waals surface area contributed by atoms with Crippen LogP contribution in [0.2, 0.25) is 5.02 Å². The Labute approximate surface area is 224 Å². The lowest BCUT2D eigenvalue weighted by atomic mass is 10.2. The van der Waals surface area contributed by atoms with E-state index in [4.69, 9.17) is 17.4 Å². The molecule has 0 fully saturated rings. The number of hydrogen-bond acceptors (Lipinski definition) is 11. The maximum absolute atomic E-state index is 12.3. The van der Waals surface area contributed by atoms with Crippen LogP contribution in [0.25, 0.3) is 6.08 Å². The van der Waals surface area contributed by atoms with E-state index in [1.165, 1.54) is 27.8 Å². The molecule has 36 heavy (non-hydrogen) atoms. The quantitative estimate of drug-likeness (QED) is 0.0792. The van der Waals surface area contributed by atoms with Crippen molar-refractivity contribution in [2.24, 2.45) is 5.10 Å². The Morgan fingerprint density at radius 1 is 1.08 bits per heavy atom. The van der Waals surface area contributed by atoms with Gasteiger partial charge >= 0.3 is 0 Å². The predicted molar refractivity (Wildman–Crippen MR) is 148 cm³/mol. The second-order valence-electron chi connectivity index (χ2n) is 6.96. The van der Waals surface area contributed by atoms with Gasteiger partial charge in [0.1, 0.15) is 0 Å². The number of nitrogens with zero attached hydrogens (tertiary/aromatic N) is 6. The molecule has 10 nitrogen and oxygen atoms in total. The third-order valence-electron chi connectivity index (χ3n) is 4.34. The smallest absolute Gasteiger partial charge is 0.264 e. The van der Waals surface area contributed by atoms with Crippen LogP contribution in [0.1, 0.15) is 11.1 Å². The molecule has 184 valence electrons. The van der Waals surface area contributed by atoms with Crippen molar-refractivity contribution in [2.75, 3.05) is 22.3 Å². The first-order chi connectivity index (χ1) is 17.6. The molecular weight excluding hydrogens is 538 g/mol. The molecule has 0 unspecified atom stereocenters. The standard InChI is InChI=1S/C22H20ClN9OS3/c23-17-10-8-16(9-11-17)13-35-22-31-29-20(36-22)26-18(33)14-34-21-30-28-19(32(21)24)27-25-12-4-7-15-5-2-1-3-6-15/h1-12H,13-14,24H2,(H,27,28)(H,26,29,33)/b7-4+,25-12+. The Morgan fingerprint density at radius 3 is 2.69 bits per heavy atom. The molecule has 0 saturated carbocycles. The van der Waals surface area contributed by atoms with Gasteiger partial charge in [0.05, 0.1) is 5.75 Å². The zero-order valence-corrected chi connectivity index (χ0v) is 21.8. The van der Waals surface area contributed by atoms with Gasteiger partial charge in [-0.25, -0.2) is 10.1 Å². The number of anilines is 2. The van der Waals surface area contributed by atoms with Gasteiger partial charge in [0.2, 0.25) is 16.2 Å². The number of benzene rings is 2. The van der Waals surface area contributed by atoms with Crippen molar-refractivity contribution in [3.8, 4) is 0 Å². The van der Waals surface area contributed by atoms with Gasteiger partial charge in [-0.1, -0.05) is 95.0 Å². The number of allylic oxidation sites excluding steroid dienone is 1. The lowest BCUT2D eigenvalue weighted by Crippen LogP contribution is -2.16. The van der Waals surface area contributed by atoms with E-state index in [1.54, 1.807) is 12.3 Å². The summed E-state index contributed by atoms with van der Waals surface area (Å²) in [5.41, 5.74) is 4.90. The molecule has 14 heteroatoms. The van der Waals surface area contributed by atoms with E-state index >= 15 is 0 Å². The van der Waals surface area contributed by atoms with Crippen LogP contribution in [-0.4, -0.2) is 42.9 Å². The number of hydrazone groups is 1. The molecule has 0 saturated heterocycles. The van der Waals surface area contributed by atoms with Crippen molar-refractivity contribution < 1.29 is 4.79 Å². The van der Waals surface area contributed by atoms with Gasteiger partial charge in [0.25, 0.3) is 5.95 Å². The summed E-state index contributed by atoms with van der Waals surface area (Å²) in [6.07, 6.45) is 5.28. The number of nitrogen functional groups attached to an aromatic ring is 1. The number of nitrogens with two attached hydrogens (primary N) is 1. The normalized spacial score (nSPS) is 11.4. The van der Waals surface area contributed by atoms with Gasteiger partial charge in [-0.3, -0.25) is 10.1 Å². The number of aromatic nitrogens is 5. The van der Waals surface area contributed by atoms with Crippen LogP contribution < -0.4 is 16.6 Å². The SMILES string of the molecule is Nn1c(N/N=C/C=C/c2ccccc2)nnc1SCC(=O)Nc1nnc(SCc2ccc(Cl)cc2)s1. The van der Waals surface area contributed by atoms with Crippen LogP contribution in [0.4, 0.5) is 11.1 Å². The Balaban J connectivity index is 1.20. The average molecular weight is 558 g/mol. The van der Waals surface area contributed by atoms with Crippen LogP contribution in [-0.2, 0) is 10.5 Å². The molecule has 1 amide bonds. The van der Waals surface area contributed by atoms with Crippen molar-refractivity contribution in [3.63, 3.8) is 0 Å². The number of nitrogens with one attached hydrogen (secondary N) is 2. The minimum Gasteiger partial charge on any atom is -0.334 e. The summed E-state index contributed by atoms with van der Waals surface area (Å²) in [7, 11) is 0. The van der Waals surface area contributed by atoms with Crippen LogP contribution in [0.5, 0.6) is 0 Å². The Bertz CT molecular complexity index is 1340. The topological polar surface area (TPSA) is 136 Å². The van der Waals surface area contributed by atoms with E-state index in [0.717, 1.165) is 33.0 Å².